The van der Waals surface area contributed by atoms with Gasteiger partial charge in [-0.05, 0) is 36.1 Å². The molecule has 3 rings (SSSR count). The fourth-order valence-corrected chi connectivity index (χ4v) is 3.34. The average molecular weight is 421 g/mol. The first-order valence-electron chi connectivity index (χ1n) is 10.3. The van der Waals surface area contributed by atoms with Crippen molar-refractivity contribution < 1.29 is 19.1 Å². The van der Waals surface area contributed by atoms with Gasteiger partial charge in [0.25, 0.3) is 5.91 Å². The molecule has 2 aromatic carbocycles. The maximum atomic E-state index is 12.3. The molecule has 31 heavy (non-hydrogen) atoms. The van der Waals surface area contributed by atoms with Crippen molar-refractivity contribution in [2.75, 3.05) is 25.5 Å². The Morgan fingerprint density at radius 1 is 1.03 bits per heavy atom. The topological polar surface area (TPSA) is 91.5 Å². The standard InChI is InChI=1S/C24H27N3O4/c1-3-17-8-4-6-10-20(17)26-22(28)15-27(2)23(29)16-31-24(30)13-12-18-14-25-21-11-7-5-9-19(18)21/h4-11,14,25H,3,12-13,15-16H2,1-2H3,(H,26,28). The Kier molecular flexibility index (Phi) is 7.43. The highest BCUT2D eigenvalue weighted by atomic mass is 16.5. The van der Waals surface area contributed by atoms with Crippen molar-refractivity contribution in [3.63, 3.8) is 0 Å². The molecule has 1 heterocycles. The van der Waals surface area contributed by atoms with Crippen LogP contribution in [0.15, 0.2) is 54.7 Å². The van der Waals surface area contributed by atoms with Crippen LogP contribution in [-0.2, 0) is 32.0 Å². The molecule has 0 saturated heterocycles. The number of hydrogen-bond donors (Lipinski definition) is 2. The van der Waals surface area contributed by atoms with Crippen LogP contribution < -0.4 is 5.32 Å². The van der Waals surface area contributed by atoms with Crippen molar-refractivity contribution in [3.05, 3.63) is 65.9 Å². The van der Waals surface area contributed by atoms with E-state index in [1.54, 1.807) is 0 Å². The molecule has 2 N–H and O–H groups in total. The molecule has 0 atom stereocenters. The number of aryl methyl sites for hydroxylation is 2. The largest absolute Gasteiger partial charge is 0.456 e. The number of aromatic amines is 1. The molecule has 0 saturated carbocycles. The maximum absolute atomic E-state index is 12.3. The number of amides is 2. The second-order valence-corrected chi connectivity index (χ2v) is 7.33. The monoisotopic (exact) mass is 421 g/mol. The minimum absolute atomic E-state index is 0.121. The number of para-hydroxylation sites is 2. The molecule has 1 aromatic heterocycles. The van der Waals surface area contributed by atoms with E-state index in [0.29, 0.717) is 6.42 Å². The van der Waals surface area contributed by atoms with Crippen molar-refractivity contribution >= 4 is 34.4 Å². The third kappa shape index (κ3) is 5.94. The number of H-pyrrole nitrogens is 1. The van der Waals surface area contributed by atoms with Gasteiger partial charge in [-0.25, -0.2) is 0 Å². The number of carbonyl (C=O) groups excluding carboxylic acids is 3. The Morgan fingerprint density at radius 2 is 1.77 bits per heavy atom. The first-order valence-corrected chi connectivity index (χ1v) is 10.3. The first-order chi connectivity index (χ1) is 15.0. The third-order valence-electron chi connectivity index (χ3n) is 5.11. The third-order valence-corrected chi connectivity index (χ3v) is 5.11. The van der Waals surface area contributed by atoms with Crippen LogP contribution in [0.4, 0.5) is 5.69 Å². The van der Waals surface area contributed by atoms with E-state index < -0.39 is 11.9 Å². The van der Waals surface area contributed by atoms with Crippen LogP contribution in [0.3, 0.4) is 0 Å². The van der Waals surface area contributed by atoms with E-state index >= 15 is 0 Å². The van der Waals surface area contributed by atoms with E-state index in [4.69, 9.17) is 4.74 Å². The highest BCUT2D eigenvalue weighted by molar-refractivity contribution is 5.95. The summed E-state index contributed by atoms with van der Waals surface area (Å²) in [5, 5.41) is 3.89. The molecule has 0 radical (unpaired) electrons. The number of benzene rings is 2. The summed E-state index contributed by atoms with van der Waals surface area (Å²) in [5.41, 5.74) is 3.80. The van der Waals surface area contributed by atoms with E-state index in [-0.39, 0.29) is 25.5 Å². The number of carbonyl (C=O) groups is 3. The van der Waals surface area contributed by atoms with E-state index in [2.05, 4.69) is 10.3 Å². The van der Waals surface area contributed by atoms with Gasteiger partial charge in [-0.2, -0.15) is 0 Å². The second-order valence-electron chi connectivity index (χ2n) is 7.33. The summed E-state index contributed by atoms with van der Waals surface area (Å²) in [6.45, 7) is 1.50. The van der Waals surface area contributed by atoms with Crippen LogP contribution in [0.1, 0.15) is 24.5 Å². The highest BCUT2D eigenvalue weighted by Crippen LogP contribution is 2.19. The van der Waals surface area contributed by atoms with E-state index in [1.807, 2.05) is 61.7 Å². The van der Waals surface area contributed by atoms with Gasteiger partial charge in [0.05, 0.1) is 6.54 Å². The zero-order valence-electron chi connectivity index (χ0n) is 17.8. The molecule has 3 aromatic rings. The number of esters is 1. The Morgan fingerprint density at radius 3 is 2.58 bits per heavy atom. The van der Waals surface area contributed by atoms with Crippen molar-refractivity contribution in [2.24, 2.45) is 0 Å². The molecule has 7 nitrogen and oxygen atoms in total. The number of anilines is 1. The summed E-state index contributed by atoms with van der Waals surface area (Å²) in [5.74, 6) is -1.19. The molecule has 0 aliphatic heterocycles. The molecule has 0 aliphatic carbocycles. The molecule has 0 unspecified atom stereocenters. The molecule has 7 heteroatoms. The van der Waals surface area contributed by atoms with Crippen molar-refractivity contribution in [1.29, 1.82) is 0 Å². The molecule has 0 fully saturated rings. The lowest BCUT2D eigenvalue weighted by Crippen LogP contribution is -2.37. The minimum Gasteiger partial charge on any atom is -0.456 e. The quantitative estimate of drug-likeness (QED) is 0.519. The van der Waals surface area contributed by atoms with Crippen LogP contribution in [-0.4, -0.2) is 47.9 Å². The van der Waals surface area contributed by atoms with Crippen molar-refractivity contribution in [3.8, 4) is 0 Å². The summed E-state index contributed by atoms with van der Waals surface area (Å²) in [7, 11) is 1.51. The van der Waals surface area contributed by atoms with Gasteiger partial charge in [-0.1, -0.05) is 43.3 Å². The predicted molar refractivity (Wildman–Crippen MR) is 120 cm³/mol. The molecular weight excluding hydrogens is 394 g/mol. The van der Waals surface area contributed by atoms with E-state index in [1.165, 1.54) is 11.9 Å². The predicted octanol–water partition coefficient (Wildman–Crippen LogP) is 3.30. The maximum Gasteiger partial charge on any atom is 0.306 e. The number of nitrogens with one attached hydrogen (secondary N) is 2. The number of rotatable bonds is 9. The molecule has 0 aliphatic rings. The lowest BCUT2D eigenvalue weighted by Gasteiger charge is -2.17. The summed E-state index contributed by atoms with van der Waals surface area (Å²) in [6, 6.07) is 15.4. The fraction of sp³-hybridized carbons (Fsp3) is 0.292. The number of nitrogens with zero attached hydrogens (tertiary/aromatic N) is 1. The van der Waals surface area contributed by atoms with Gasteiger partial charge in [0, 0.05) is 36.3 Å². The number of likely N-dealkylation sites (N-methyl/N-ethyl adjacent to an activating group) is 1. The van der Waals surface area contributed by atoms with Crippen LogP contribution in [0.2, 0.25) is 0 Å². The number of aromatic nitrogens is 1. The molecule has 162 valence electrons. The van der Waals surface area contributed by atoms with Crippen LogP contribution >= 0.6 is 0 Å². The minimum atomic E-state index is -0.451. The lowest BCUT2D eigenvalue weighted by atomic mass is 10.1. The van der Waals surface area contributed by atoms with Crippen LogP contribution in [0.25, 0.3) is 10.9 Å². The van der Waals surface area contributed by atoms with Gasteiger partial charge >= 0.3 is 5.97 Å². The Bertz CT molecular complexity index is 1070. The number of hydrogen-bond acceptors (Lipinski definition) is 4. The van der Waals surface area contributed by atoms with Crippen LogP contribution in [0.5, 0.6) is 0 Å². The van der Waals surface area contributed by atoms with E-state index in [9.17, 15) is 14.4 Å². The summed E-state index contributed by atoms with van der Waals surface area (Å²) in [6.07, 6.45) is 3.37. The first kappa shape index (κ1) is 22.1. The van der Waals surface area contributed by atoms with Crippen molar-refractivity contribution in [1.82, 2.24) is 9.88 Å². The average Bonchev–Trinajstić information content (AvgIpc) is 3.19. The van der Waals surface area contributed by atoms with Crippen molar-refractivity contribution in [2.45, 2.75) is 26.2 Å². The Balaban J connectivity index is 1.42. The van der Waals surface area contributed by atoms with Crippen LogP contribution in [0, 0.1) is 0 Å². The molecule has 0 spiro atoms. The fourth-order valence-electron chi connectivity index (χ4n) is 3.34. The lowest BCUT2D eigenvalue weighted by molar-refractivity contribution is -0.151. The number of ether oxygens (including phenoxy) is 1. The van der Waals surface area contributed by atoms with Gasteiger partial charge in [0.1, 0.15) is 0 Å². The second kappa shape index (κ2) is 10.4. The molecule has 0 bridgehead atoms. The van der Waals surface area contributed by atoms with E-state index in [0.717, 1.165) is 34.1 Å². The van der Waals surface area contributed by atoms with Gasteiger partial charge < -0.3 is 19.9 Å². The van der Waals surface area contributed by atoms with Gasteiger partial charge in [0.2, 0.25) is 5.91 Å². The zero-order valence-corrected chi connectivity index (χ0v) is 17.8. The smallest absolute Gasteiger partial charge is 0.306 e. The Hall–Kier alpha value is -3.61. The summed E-state index contributed by atoms with van der Waals surface area (Å²) >= 11 is 0. The Labute approximate surface area is 181 Å². The SMILES string of the molecule is CCc1ccccc1NC(=O)CN(C)C(=O)COC(=O)CCc1c[nH]c2ccccc12. The molecular formula is C24H27N3O4. The number of fused-ring (bicyclic) bond motifs is 1. The molecule has 2 amide bonds. The summed E-state index contributed by atoms with van der Waals surface area (Å²) in [4.78, 5) is 41.0. The van der Waals surface area contributed by atoms with Gasteiger partial charge in [-0.3, -0.25) is 14.4 Å². The van der Waals surface area contributed by atoms with Gasteiger partial charge in [0.15, 0.2) is 6.61 Å². The highest BCUT2D eigenvalue weighted by Gasteiger charge is 2.16. The van der Waals surface area contributed by atoms with Gasteiger partial charge in [-0.15, -0.1) is 0 Å². The zero-order chi connectivity index (χ0) is 22.2. The summed E-state index contributed by atoms with van der Waals surface area (Å²) < 4.78 is 5.10. The normalized spacial score (nSPS) is 10.6.